The first-order valence-corrected chi connectivity index (χ1v) is 7.35. The van der Waals surface area contributed by atoms with Gasteiger partial charge in [0.25, 0.3) is 0 Å². The summed E-state index contributed by atoms with van der Waals surface area (Å²) in [6.45, 7) is 4.46. The largest absolute Gasteiger partial charge is 0.371 e. The third kappa shape index (κ3) is 2.03. The highest BCUT2D eigenvalue weighted by Crippen LogP contribution is 2.48. The molecule has 0 amide bonds. The van der Waals surface area contributed by atoms with E-state index < -0.39 is 0 Å². The van der Waals surface area contributed by atoms with E-state index in [2.05, 4.69) is 42.2 Å². The van der Waals surface area contributed by atoms with Crippen LogP contribution in [-0.4, -0.2) is 19.1 Å². The highest BCUT2D eigenvalue weighted by molar-refractivity contribution is 5.46. The van der Waals surface area contributed by atoms with Crippen LogP contribution in [0.25, 0.3) is 0 Å². The second kappa shape index (κ2) is 4.93. The molecule has 3 rings (SSSR count). The van der Waals surface area contributed by atoms with Gasteiger partial charge in [0, 0.05) is 24.8 Å². The molecule has 2 nitrogen and oxygen atoms in total. The zero-order chi connectivity index (χ0) is 12.5. The predicted molar refractivity (Wildman–Crippen MR) is 76.6 cm³/mol. The number of fused-ring (bicyclic) bond motifs is 2. The summed E-state index contributed by atoms with van der Waals surface area (Å²) < 4.78 is 0. The molecule has 18 heavy (non-hydrogen) atoms. The van der Waals surface area contributed by atoms with Crippen molar-refractivity contribution in [3.63, 3.8) is 0 Å². The minimum absolute atomic E-state index is 0.446. The van der Waals surface area contributed by atoms with Gasteiger partial charge >= 0.3 is 0 Å². The molecule has 0 aliphatic heterocycles. The molecule has 1 aromatic rings. The average Bonchev–Trinajstić information content (AvgIpc) is 2.99. The molecule has 2 saturated carbocycles. The van der Waals surface area contributed by atoms with E-state index in [0.29, 0.717) is 12.0 Å². The van der Waals surface area contributed by atoms with Crippen LogP contribution in [0.2, 0.25) is 0 Å². The van der Waals surface area contributed by atoms with Crippen molar-refractivity contribution in [2.24, 2.45) is 23.5 Å². The Morgan fingerprint density at radius 1 is 1.17 bits per heavy atom. The monoisotopic (exact) mass is 244 g/mol. The molecule has 4 atom stereocenters. The number of hydrogen-bond donors (Lipinski definition) is 1. The predicted octanol–water partition coefficient (Wildman–Crippen LogP) is 2.89. The molecule has 0 radical (unpaired) electrons. The number of nitrogens with two attached hydrogens (primary N) is 1. The lowest BCUT2D eigenvalue weighted by Gasteiger charge is -2.34. The molecule has 2 aliphatic rings. The molecule has 1 aromatic carbocycles. The van der Waals surface area contributed by atoms with E-state index in [1.54, 1.807) is 0 Å². The smallest absolute Gasteiger partial charge is 0.0366 e. The maximum absolute atomic E-state index is 6.42. The van der Waals surface area contributed by atoms with E-state index in [9.17, 15) is 0 Å². The zero-order valence-electron chi connectivity index (χ0n) is 11.3. The molecule has 4 unspecified atom stereocenters. The van der Waals surface area contributed by atoms with Gasteiger partial charge in [-0.25, -0.2) is 0 Å². The number of hydrogen-bond acceptors (Lipinski definition) is 2. The zero-order valence-corrected chi connectivity index (χ0v) is 11.3. The summed E-state index contributed by atoms with van der Waals surface area (Å²) in [4.78, 5) is 2.49. The molecule has 2 bridgehead atoms. The standard InChI is InChI=1S/C16H24N2/c1-2-18(14-6-4-3-5-7-14)11-15-12-8-9-13(10-12)16(15)17/h3-7,12-13,15-16H,2,8-11,17H2,1H3. The van der Waals surface area contributed by atoms with E-state index in [-0.39, 0.29) is 0 Å². The maximum atomic E-state index is 6.42. The lowest BCUT2D eigenvalue weighted by molar-refractivity contribution is 0.291. The minimum Gasteiger partial charge on any atom is -0.371 e. The van der Waals surface area contributed by atoms with Crippen LogP contribution < -0.4 is 10.6 Å². The molecule has 2 N–H and O–H groups in total. The van der Waals surface area contributed by atoms with Gasteiger partial charge in [0.05, 0.1) is 0 Å². The summed E-state index contributed by atoms with van der Waals surface area (Å²) in [5.74, 6) is 2.42. The van der Waals surface area contributed by atoms with Crippen LogP contribution in [0.4, 0.5) is 5.69 Å². The second-order valence-corrected chi connectivity index (χ2v) is 5.95. The summed E-state index contributed by atoms with van der Waals surface area (Å²) in [5.41, 5.74) is 7.76. The van der Waals surface area contributed by atoms with Gasteiger partial charge in [-0.15, -0.1) is 0 Å². The third-order valence-corrected chi connectivity index (χ3v) is 5.09. The molecule has 0 spiro atoms. The van der Waals surface area contributed by atoms with Crippen molar-refractivity contribution < 1.29 is 0 Å². The molecule has 2 aliphatic carbocycles. The first-order valence-electron chi connectivity index (χ1n) is 7.35. The van der Waals surface area contributed by atoms with Gasteiger partial charge in [0.1, 0.15) is 0 Å². The summed E-state index contributed by atoms with van der Waals surface area (Å²) in [6, 6.07) is 11.2. The van der Waals surface area contributed by atoms with Gasteiger partial charge in [0.2, 0.25) is 0 Å². The van der Waals surface area contributed by atoms with Crippen molar-refractivity contribution in [2.75, 3.05) is 18.0 Å². The fourth-order valence-corrected chi connectivity index (χ4v) is 4.04. The Morgan fingerprint density at radius 2 is 1.89 bits per heavy atom. The van der Waals surface area contributed by atoms with E-state index in [1.165, 1.54) is 24.9 Å². The second-order valence-electron chi connectivity index (χ2n) is 5.95. The maximum Gasteiger partial charge on any atom is 0.0366 e. The van der Waals surface area contributed by atoms with Crippen molar-refractivity contribution in [3.8, 4) is 0 Å². The Balaban J connectivity index is 1.71. The molecular formula is C16H24N2. The van der Waals surface area contributed by atoms with Gasteiger partial charge in [-0.05, 0) is 56.1 Å². The van der Waals surface area contributed by atoms with Crippen LogP contribution in [0, 0.1) is 17.8 Å². The molecule has 98 valence electrons. The van der Waals surface area contributed by atoms with Crippen molar-refractivity contribution in [1.82, 2.24) is 0 Å². The van der Waals surface area contributed by atoms with Gasteiger partial charge in [-0.2, -0.15) is 0 Å². The van der Waals surface area contributed by atoms with Crippen molar-refractivity contribution >= 4 is 5.69 Å². The SMILES string of the molecule is CCN(CC1C2CCC(C2)C1N)c1ccccc1. The number of nitrogens with zero attached hydrogens (tertiary/aromatic N) is 1. The highest BCUT2D eigenvalue weighted by Gasteiger charge is 2.45. The summed E-state index contributed by atoms with van der Waals surface area (Å²) in [6.07, 6.45) is 4.17. The first-order chi connectivity index (χ1) is 8.79. The highest BCUT2D eigenvalue weighted by atomic mass is 15.1. The van der Waals surface area contributed by atoms with E-state index in [1.807, 2.05) is 0 Å². The lowest BCUT2D eigenvalue weighted by atomic mass is 9.84. The number of rotatable bonds is 4. The summed E-state index contributed by atoms with van der Waals surface area (Å²) in [7, 11) is 0. The van der Waals surface area contributed by atoms with Crippen molar-refractivity contribution in [2.45, 2.75) is 32.2 Å². The van der Waals surface area contributed by atoms with Gasteiger partial charge in [-0.1, -0.05) is 18.2 Å². The van der Waals surface area contributed by atoms with Crippen LogP contribution in [0.15, 0.2) is 30.3 Å². The third-order valence-electron chi connectivity index (χ3n) is 5.09. The number of para-hydroxylation sites is 1. The topological polar surface area (TPSA) is 29.3 Å². The van der Waals surface area contributed by atoms with Gasteiger partial charge in [0.15, 0.2) is 0 Å². The minimum atomic E-state index is 0.446. The molecule has 0 saturated heterocycles. The molecule has 2 fully saturated rings. The van der Waals surface area contributed by atoms with Crippen LogP contribution in [0.5, 0.6) is 0 Å². The Kier molecular flexibility index (Phi) is 3.29. The Labute approximate surface area is 110 Å². The number of benzene rings is 1. The average molecular weight is 244 g/mol. The van der Waals surface area contributed by atoms with Crippen molar-refractivity contribution in [3.05, 3.63) is 30.3 Å². The van der Waals surface area contributed by atoms with Gasteiger partial charge < -0.3 is 10.6 Å². The first kappa shape index (κ1) is 12.0. The quantitative estimate of drug-likeness (QED) is 0.882. The number of anilines is 1. The Hall–Kier alpha value is -1.02. The van der Waals surface area contributed by atoms with Gasteiger partial charge in [-0.3, -0.25) is 0 Å². The van der Waals surface area contributed by atoms with E-state index >= 15 is 0 Å². The normalized spacial score (nSPS) is 33.9. The summed E-state index contributed by atoms with van der Waals surface area (Å²) >= 11 is 0. The van der Waals surface area contributed by atoms with Crippen LogP contribution in [-0.2, 0) is 0 Å². The van der Waals surface area contributed by atoms with Crippen molar-refractivity contribution in [1.29, 1.82) is 0 Å². The molecule has 0 heterocycles. The molecule has 0 aromatic heterocycles. The van der Waals surface area contributed by atoms with Crippen LogP contribution >= 0.6 is 0 Å². The van der Waals surface area contributed by atoms with Crippen LogP contribution in [0.1, 0.15) is 26.2 Å². The van der Waals surface area contributed by atoms with E-state index in [0.717, 1.165) is 24.9 Å². The fraction of sp³-hybridized carbons (Fsp3) is 0.625. The van der Waals surface area contributed by atoms with E-state index in [4.69, 9.17) is 5.73 Å². The Bertz CT molecular complexity index is 387. The fourth-order valence-electron chi connectivity index (χ4n) is 4.04. The molecule has 2 heteroatoms. The summed E-state index contributed by atoms with van der Waals surface area (Å²) in [5, 5.41) is 0. The van der Waals surface area contributed by atoms with Crippen LogP contribution in [0.3, 0.4) is 0 Å². The lowest BCUT2D eigenvalue weighted by Crippen LogP contribution is -2.43. The Morgan fingerprint density at radius 3 is 2.50 bits per heavy atom. The molecular weight excluding hydrogens is 220 g/mol.